The van der Waals surface area contributed by atoms with Crippen molar-refractivity contribution in [2.24, 2.45) is 0 Å². The minimum Gasteiger partial charge on any atom is -0.388 e. The summed E-state index contributed by atoms with van der Waals surface area (Å²) < 4.78 is 2.17. The van der Waals surface area contributed by atoms with Gasteiger partial charge in [0.25, 0.3) is 0 Å². The van der Waals surface area contributed by atoms with E-state index in [1.165, 1.54) is 0 Å². The van der Waals surface area contributed by atoms with E-state index in [2.05, 4.69) is 26.0 Å². The largest absolute Gasteiger partial charge is 0.388 e. The van der Waals surface area contributed by atoms with Gasteiger partial charge in [0.05, 0.1) is 0 Å². The number of nitrogens with zero attached hydrogens (tertiary/aromatic N) is 3. The molecule has 0 aromatic carbocycles. The number of aliphatic hydroxyl groups is 1. The van der Waals surface area contributed by atoms with Crippen molar-refractivity contribution < 1.29 is 5.11 Å². The molecular formula is C5H8BrN3O. The van der Waals surface area contributed by atoms with Crippen LogP contribution in [0, 0.1) is 0 Å². The van der Waals surface area contributed by atoms with Crippen molar-refractivity contribution >= 4 is 15.9 Å². The van der Waals surface area contributed by atoms with E-state index in [4.69, 9.17) is 5.11 Å². The third-order valence-electron chi connectivity index (χ3n) is 1.16. The molecule has 1 aromatic heterocycles. The lowest BCUT2D eigenvalue weighted by Gasteiger charge is -1.95. The van der Waals surface area contributed by atoms with Crippen LogP contribution in [-0.2, 0) is 13.2 Å². The zero-order valence-corrected chi connectivity index (χ0v) is 7.17. The first-order chi connectivity index (χ1) is 4.77. The number of rotatable bonds is 2. The molecule has 0 radical (unpaired) electrons. The van der Waals surface area contributed by atoms with Gasteiger partial charge >= 0.3 is 0 Å². The number of aliphatic hydroxyl groups excluding tert-OH is 1. The van der Waals surface area contributed by atoms with Crippen LogP contribution in [0.2, 0.25) is 0 Å². The fourth-order valence-electron chi connectivity index (χ4n) is 0.714. The summed E-state index contributed by atoms with van der Waals surface area (Å²) in [4.78, 5) is 3.92. The van der Waals surface area contributed by atoms with Gasteiger partial charge in [0, 0.05) is 6.54 Å². The molecule has 1 heterocycles. The van der Waals surface area contributed by atoms with E-state index in [-0.39, 0.29) is 6.61 Å². The maximum absolute atomic E-state index is 8.72. The molecule has 1 rings (SSSR count). The number of aryl methyl sites for hydroxylation is 1. The fraction of sp³-hybridized carbons (Fsp3) is 0.600. The Morgan fingerprint density at radius 1 is 1.70 bits per heavy atom. The van der Waals surface area contributed by atoms with Crippen LogP contribution < -0.4 is 0 Å². The lowest BCUT2D eigenvalue weighted by molar-refractivity contribution is 0.263. The van der Waals surface area contributed by atoms with Gasteiger partial charge in [-0.1, -0.05) is 0 Å². The van der Waals surface area contributed by atoms with Gasteiger partial charge in [-0.15, -0.1) is 5.10 Å². The summed E-state index contributed by atoms with van der Waals surface area (Å²) >= 11 is 3.11. The molecule has 0 spiro atoms. The molecule has 4 nitrogen and oxygen atoms in total. The molecule has 0 saturated heterocycles. The minimum atomic E-state index is -0.0631. The van der Waals surface area contributed by atoms with Crippen molar-refractivity contribution in [1.29, 1.82) is 0 Å². The van der Waals surface area contributed by atoms with Crippen molar-refractivity contribution in [3.8, 4) is 0 Å². The smallest absolute Gasteiger partial charge is 0.217 e. The van der Waals surface area contributed by atoms with Crippen LogP contribution in [0.3, 0.4) is 0 Å². The van der Waals surface area contributed by atoms with Gasteiger partial charge in [0.2, 0.25) is 4.73 Å². The SMILES string of the molecule is CCn1nc(Br)nc1CO. The monoisotopic (exact) mass is 205 g/mol. The standard InChI is InChI=1S/C5H8BrN3O/c1-2-9-4(3-10)7-5(6)8-9/h10H,2-3H2,1H3. The van der Waals surface area contributed by atoms with Gasteiger partial charge in [0.15, 0.2) is 5.82 Å². The Labute approximate surface area is 67.0 Å². The molecule has 0 unspecified atom stereocenters. The minimum absolute atomic E-state index is 0.0631. The molecule has 1 aromatic rings. The Kier molecular flexibility index (Phi) is 2.39. The lowest BCUT2D eigenvalue weighted by atomic mass is 10.6. The van der Waals surface area contributed by atoms with Crippen LogP contribution in [-0.4, -0.2) is 19.9 Å². The van der Waals surface area contributed by atoms with Crippen molar-refractivity contribution in [3.63, 3.8) is 0 Å². The fourth-order valence-corrected chi connectivity index (χ4v) is 1.11. The molecular weight excluding hydrogens is 198 g/mol. The quantitative estimate of drug-likeness (QED) is 0.768. The summed E-state index contributed by atoms with van der Waals surface area (Å²) in [5.41, 5.74) is 0. The van der Waals surface area contributed by atoms with Gasteiger partial charge in [-0.2, -0.15) is 0 Å². The summed E-state index contributed by atoms with van der Waals surface area (Å²) in [6, 6.07) is 0. The first kappa shape index (κ1) is 7.68. The molecule has 0 bridgehead atoms. The summed E-state index contributed by atoms with van der Waals surface area (Å²) in [6.45, 7) is 2.61. The number of halogens is 1. The van der Waals surface area contributed by atoms with E-state index in [0.29, 0.717) is 10.6 Å². The molecule has 0 aliphatic heterocycles. The molecule has 0 amide bonds. The van der Waals surface area contributed by atoms with E-state index in [9.17, 15) is 0 Å². The van der Waals surface area contributed by atoms with Crippen molar-refractivity contribution in [3.05, 3.63) is 10.6 Å². The van der Waals surface area contributed by atoms with Crippen LogP contribution in [0.1, 0.15) is 12.7 Å². The second-order valence-electron chi connectivity index (χ2n) is 1.77. The highest BCUT2D eigenvalue weighted by atomic mass is 79.9. The lowest BCUT2D eigenvalue weighted by Crippen LogP contribution is -2.02. The molecule has 0 aliphatic rings. The van der Waals surface area contributed by atoms with Crippen molar-refractivity contribution in [2.75, 3.05) is 0 Å². The summed E-state index contributed by atoms with van der Waals surface area (Å²) in [5, 5.41) is 12.7. The van der Waals surface area contributed by atoms with Gasteiger partial charge in [-0.05, 0) is 22.9 Å². The Balaban J connectivity index is 2.96. The van der Waals surface area contributed by atoms with Crippen molar-refractivity contribution in [1.82, 2.24) is 14.8 Å². The number of hydrogen-bond donors (Lipinski definition) is 1. The molecule has 0 saturated carbocycles. The van der Waals surface area contributed by atoms with Gasteiger partial charge in [-0.25, -0.2) is 9.67 Å². The Bertz CT molecular complexity index is 201. The van der Waals surface area contributed by atoms with E-state index in [1.807, 2.05) is 6.92 Å². The van der Waals surface area contributed by atoms with Crippen LogP contribution in [0.25, 0.3) is 0 Å². The molecule has 0 atom stereocenters. The van der Waals surface area contributed by atoms with Crippen LogP contribution in [0.5, 0.6) is 0 Å². The van der Waals surface area contributed by atoms with E-state index >= 15 is 0 Å². The average molecular weight is 206 g/mol. The van der Waals surface area contributed by atoms with E-state index in [0.717, 1.165) is 6.54 Å². The average Bonchev–Trinajstić information content (AvgIpc) is 2.30. The topological polar surface area (TPSA) is 50.9 Å². The second-order valence-corrected chi connectivity index (χ2v) is 2.48. The normalized spacial score (nSPS) is 10.3. The van der Waals surface area contributed by atoms with Crippen LogP contribution in [0.15, 0.2) is 4.73 Å². The van der Waals surface area contributed by atoms with Gasteiger partial charge in [0.1, 0.15) is 6.61 Å². The maximum atomic E-state index is 8.72. The molecule has 0 fully saturated rings. The summed E-state index contributed by atoms with van der Waals surface area (Å²) in [7, 11) is 0. The summed E-state index contributed by atoms with van der Waals surface area (Å²) in [6.07, 6.45) is 0. The predicted octanol–water partition coefficient (Wildman–Crippen LogP) is 0.553. The van der Waals surface area contributed by atoms with Gasteiger partial charge in [-0.3, -0.25) is 0 Å². The third kappa shape index (κ3) is 1.35. The Morgan fingerprint density at radius 2 is 2.40 bits per heavy atom. The van der Waals surface area contributed by atoms with E-state index in [1.54, 1.807) is 4.68 Å². The highest BCUT2D eigenvalue weighted by molar-refractivity contribution is 9.10. The first-order valence-electron chi connectivity index (χ1n) is 2.98. The Morgan fingerprint density at radius 3 is 2.80 bits per heavy atom. The summed E-state index contributed by atoms with van der Waals surface area (Å²) in [5.74, 6) is 0.592. The maximum Gasteiger partial charge on any atom is 0.217 e. The first-order valence-corrected chi connectivity index (χ1v) is 3.77. The second kappa shape index (κ2) is 3.12. The highest BCUT2D eigenvalue weighted by Gasteiger charge is 2.03. The third-order valence-corrected chi connectivity index (χ3v) is 1.50. The number of aromatic nitrogens is 3. The molecule has 1 N–H and O–H groups in total. The van der Waals surface area contributed by atoms with Crippen LogP contribution >= 0.6 is 15.9 Å². The number of hydrogen-bond acceptors (Lipinski definition) is 3. The molecule has 10 heavy (non-hydrogen) atoms. The zero-order valence-electron chi connectivity index (χ0n) is 5.58. The zero-order chi connectivity index (χ0) is 7.56. The van der Waals surface area contributed by atoms with Crippen molar-refractivity contribution in [2.45, 2.75) is 20.1 Å². The molecule has 0 aliphatic carbocycles. The molecule has 5 heteroatoms. The van der Waals surface area contributed by atoms with E-state index < -0.39 is 0 Å². The predicted molar refractivity (Wildman–Crippen MR) is 39.3 cm³/mol. The molecule has 56 valence electrons. The Hall–Kier alpha value is -0.420. The highest BCUT2D eigenvalue weighted by Crippen LogP contribution is 2.04. The van der Waals surface area contributed by atoms with Crippen LogP contribution in [0.4, 0.5) is 0 Å². The van der Waals surface area contributed by atoms with Gasteiger partial charge < -0.3 is 5.11 Å².